The van der Waals surface area contributed by atoms with Crippen LogP contribution in [0.15, 0.2) is 53.7 Å². The van der Waals surface area contributed by atoms with Crippen molar-refractivity contribution < 1.29 is 17.7 Å². The van der Waals surface area contributed by atoms with Gasteiger partial charge in [-0.25, -0.2) is 27.9 Å². The number of hydrogen-bond donors (Lipinski definition) is 1. The van der Waals surface area contributed by atoms with Gasteiger partial charge in [-0.15, -0.1) is 0 Å². The molecule has 33 heavy (non-hydrogen) atoms. The van der Waals surface area contributed by atoms with Crippen molar-refractivity contribution in [3.05, 3.63) is 71.3 Å². The topological polar surface area (TPSA) is 77.0 Å². The van der Waals surface area contributed by atoms with Crippen molar-refractivity contribution >= 4 is 39.2 Å². The van der Waals surface area contributed by atoms with E-state index in [0.29, 0.717) is 22.3 Å². The molecule has 4 rings (SSSR count). The van der Waals surface area contributed by atoms with Crippen LogP contribution in [-0.2, 0) is 11.0 Å². The van der Waals surface area contributed by atoms with Gasteiger partial charge >= 0.3 is 0 Å². The molecule has 2 aromatic heterocycles. The van der Waals surface area contributed by atoms with Gasteiger partial charge < -0.3 is 4.74 Å². The molecule has 2 aromatic carbocycles. The van der Waals surface area contributed by atoms with Crippen LogP contribution < -0.4 is 9.46 Å². The third kappa shape index (κ3) is 5.26. The molecule has 0 saturated carbocycles. The lowest BCUT2D eigenvalue weighted by atomic mass is 10.0. The van der Waals surface area contributed by atoms with E-state index in [4.69, 9.17) is 16.3 Å². The van der Waals surface area contributed by atoms with Crippen LogP contribution in [0.3, 0.4) is 0 Å². The molecule has 1 N–H and O–H groups in total. The number of halogens is 3. The van der Waals surface area contributed by atoms with Crippen LogP contribution in [0, 0.1) is 18.6 Å². The molecule has 0 aliphatic heterocycles. The summed E-state index contributed by atoms with van der Waals surface area (Å²) in [7, 11) is -0.607. The Morgan fingerprint density at radius 2 is 1.82 bits per heavy atom. The highest BCUT2D eigenvalue weighted by molar-refractivity contribution is 7.86. The average Bonchev–Trinajstić information content (AvgIpc) is 2.82. The van der Waals surface area contributed by atoms with E-state index in [2.05, 4.69) is 19.7 Å². The van der Waals surface area contributed by atoms with E-state index in [-0.39, 0.29) is 27.0 Å². The number of pyridine rings is 1. The van der Waals surface area contributed by atoms with Crippen molar-refractivity contribution in [1.82, 2.24) is 15.0 Å². The third-order valence-corrected chi connectivity index (χ3v) is 5.76. The lowest BCUT2D eigenvalue weighted by molar-refractivity contribution is 0.386. The fourth-order valence-corrected chi connectivity index (χ4v) is 4.25. The van der Waals surface area contributed by atoms with Gasteiger partial charge in [0, 0.05) is 17.8 Å². The zero-order chi connectivity index (χ0) is 24.1. The van der Waals surface area contributed by atoms with Crippen molar-refractivity contribution in [1.29, 1.82) is 0 Å². The SMILES string of the molecule is CC.COc1ncc(Cl)cc1S(=O)Nc1ccc(F)c(-c2ccc3nc(C)ncc3c2)c1F. The number of rotatable bonds is 5. The third-order valence-electron chi connectivity index (χ3n) is 4.46. The van der Waals surface area contributed by atoms with Crippen LogP contribution in [0.25, 0.3) is 22.0 Å². The number of hydrogen-bond acceptors (Lipinski definition) is 5. The number of benzene rings is 2. The Morgan fingerprint density at radius 3 is 2.55 bits per heavy atom. The van der Waals surface area contributed by atoms with Gasteiger partial charge in [0.2, 0.25) is 5.88 Å². The first-order valence-electron chi connectivity index (χ1n) is 9.97. The number of aromatic nitrogens is 3. The molecule has 0 aliphatic carbocycles. The molecule has 1 atom stereocenters. The first-order valence-corrected chi connectivity index (χ1v) is 11.5. The maximum Gasteiger partial charge on any atom is 0.231 e. The smallest absolute Gasteiger partial charge is 0.231 e. The summed E-state index contributed by atoms with van der Waals surface area (Å²) in [6.07, 6.45) is 2.93. The van der Waals surface area contributed by atoms with Crippen molar-refractivity contribution in [3.63, 3.8) is 0 Å². The Bertz CT molecular complexity index is 1340. The second-order valence-electron chi connectivity index (χ2n) is 6.51. The van der Waals surface area contributed by atoms with Crippen molar-refractivity contribution in [3.8, 4) is 17.0 Å². The zero-order valence-electron chi connectivity index (χ0n) is 18.3. The second kappa shape index (κ2) is 10.6. The molecule has 0 radical (unpaired) electrons. The Hall–Kier alpha value is -3.17. The first kappa shape index (κ1) is 24.5. The maximum absolute atomic E-state index is 15.3. The molecule has 4 aromatic rings. The summed E-state index contributed by atoms with van der Waals surface area (Å²) >= 11 is 5.92. The van der Waals surface area contributed by atoms with E-state index in [0.717, 1.165) is 6.07 Å². The number of nitrogens with one attached hydrogen (secondary N) is 1. The zero-order valence-corrected chi connectivity index (χ0v) is 19.9. The van der Waals surface area contributed by atoms with E-state index in [1.807, 2.05) is 13.8 Å². The number of methoxy groups -OCH3 is 1. The molecule has 0 bridgehead atoms. The number of nitrogens with zero attached hydrogens (tertiary/aromatic N) is 3. The number of aryl methyl sites for hydroxylation is 1. The summed E-state index contributed by atoms with van der Waals surface area (Å²) in [4.78, 5) is 12.5. The van der Waals surface area contributed by atoms with E-state index < -0.39 is 22.6 Å². The molecule has 1 unspecified atom stereocenters. The fraction of sp³-hybridized carbons (Fsp3) is 0.174. The van der Waals surface area contributed by atoms with E-state index in [9.17, 15) is 8.60 Å². The molecule has 6 nitrogen and oxygen atoms in total. The van der Waals surface area contributed by atoms with Crippen molar-refractivity contribution in [2.75, 3.05) is 11.8 Å². The quantitative estimate of drug-likeness (QED) is 0.365. The van der Waals surface area contributed by atoms with E-state index >= 15 is 4.39 Å². The summed E-state index contributed by atoms with van der Waals surface area (Å²) in [6, 6.07) is 8.50. The second-order valence-corrected chi connectivity index (χ2v) is 8.12. The minimum Gasteiger partial charge on any atom is -0.480 e. The standard InChI is InChI=1S/C21H15ClF2N4O2S.C2H6/c1-11-25-9-13-7-12(3-5-16(13)27-11)19-15(23)4-6-17(20(19)24)28-31(29)18-8-14(22)10-26-21(18)30-2;1-2/h3-10,28H,1-2H3;1-2H3. The largest absolute Gasteiger partial charge is 0.480 e. The van der Waals surface area contributed by atoms with Crippen LogP contribution in [0.4, 0.5) is 14.5 Å². The van der Waals surface area contributed by atoms with Gasteiger partial charge in [0.15, 0.2) is 16.8 Å². The van der Waals surface area contributed by atoms with Crippen LogP contribution >= 0.6 is 11.6 Å². The normalized spacial score (nSPS) is 11.5. The number of anilines is 1. The highest BCUT2D eigenvalue weighted by Gasteiger charge is 2.20. The highest BCUT2D eigenvalue weighted by Crippen LogP contribution is 2.33. The van der Waals surface area contributed by atoms with Gasteiger partial charge in [-0.3, -0.25) is 4.72 Å². The molecular weight excluding hydrogens is 470 g/mol. The van der Waals surface area contributed by atoms with Crippen LogP contribution in [0.1, 0.15) is 19.7 Å². The van der Waals surface area contributed by atoms with Crippen LogP contribution in [-0.4, -0.2) is 26.3 Å². The van der Waals surface area contributed by atoms with E-state index in [1.54, 1.807) is 31.3 Å². The molecule has 0 aliphatic rings. The number of ether oxygens (including phenoxy) is 1. The molecule has 0 spiro atoms. The molecule has 2 heterocycles. The van der Waals surface area contributed by atoms with Gasteiger partial charge in [-0.05, 0) is 42.8 Å². The molecule has 0 amide bonds. The summed E-state index contributed by atoms with van der Waals surface area (Å²) < 4.78 is 50.3. The number of fused-ring (bicyclic) bond motifs is 1. The van der Waals surface area contributed by atoms with Gasteiger partial charge in [0.1, 0.15) is 16.5 Å². The van der Waals surface area contributed by atoms with Gasteiger partial charge in [-0.2, -0.15) is 0 Å². The van der Waals surface area contributed by atoms with Crippen LogP contribution in [0.5, 0.6) is 5.88 Å². The maximum atomic E-state index is 15.3. The summed E-state index contributed by atoms with van der Waals surface area (Å²) in [5.74, 6) is -0.988. The van der Waals surface area contributed by atoms with Crippen LogP contribution in [0.2, 0.25) is 5.02 Å². The highest BCUT2D eigenvalue weighted by atomic mass is 35.5. The average molecular weight is 491 g/mol. The molecule has 172 valence electrons. The molecule has 10 heteroatoms. The van der Waals surface area contributed by atoms with Gasteiger partial charge in [0.25, 0.3) is 0 Å². The fourth-order valence-electron chi connectivity index (χ4n) is 3.03. The monoisotopic (exact) mass is 490 g/mol. The Balaban J connectivity index is 0.00000149. The Labute approximate surface area is 197 Å². The minimum atomic E-state index is -1.97. The van der Waals surface area contributed by atoms with Gasteiger partial charge in [0.05, 0.1) is 28.9 Å². The molecule has 0 fully saturated rings. The first-order chi connectivity index (χ1) is 15.9. The van der Waals surface area contributed by atoms with Crippen molar-refractivity contribution in [2.45, 2.75) is 25.7 Å². The lowest BCUT2D eigenvalue weighted by Crippen LogP contribution is -2.09. The van der Waals surface area contributed by atoms with Crippen molar-refractivity contribution in [2.24, 2.45) is 0 Å². The summed E-state index contributed by atoms with van der Waals surface area (Å²) in [6.45, 7) is 5.76. The predicted octanol–water partition coefficient (Wildman–Crippen LogP) is 6.10. The minimum absolute atomic E-state index is 0.0720. The molecular formula is C23H21ClF2N4O2S. The Kier molecular flexibility index (Phi) is 7.88. The summed E-state index contributed by atoms with van der Waals surface area (Å²) in [5.41, 5.74) is 0.539. The van der Waals surface area contributed by atoms with E-state index in [1.165, 1.54) is 25.4 Å². The van der Waals surface area contributed by atoms with Gasteiger partial charge in [-0.1, -0.05) is 31.5 Å². The lowest BCUT2D eigenvalue weighted by Gasteiger charge is -2.13. The molecule has 0 saturated heterocycles. The Morgan fingerprint density at radius 1 is 1.06 bits per heavy atom. The predicted molar refractivity (Wildman–Crippen MR) is 127 cm³/mol. The summed E-state index contributed by atoms with van der Waals surface area (Å²) in [5, 5.41) is 0.874.